The summed E-state index contributed by atoms with van der Waals surface area (Å²) in [6.07, 6.45) is 0. The van der Waals surface area contributed by atoms with Gasteiger partial charge in [0, 0.05) is 36.9 Å². The van der Waals surface area contributed by atoms with E-state index in [2.05, 4.69) is 175 Å². The molecule has 0 amide bonds. The molecule has 0 spiro atoms. The van der Waals surface area contributed by atoms with Crippen LogP contribution >= 0.6 is 175 Å². The maximum Gasteiger partial charge on any atom is 0.158 e. The maximum atomic E-state index is 3.99. The quantitative estimate of drug-likeness (QED) is 0.160. The second kappa shape index (κ2) is 9.47. The fourth-order valence-electron chi connectivity index (χ4n) is 2.11. The van der Waals surface area contributed by atoms with Gasteiger partial charge in [-0.25, -0.2) is 0 Å². The molecule has 0 aliphatic carbocycles. The third-order valence-electron chi connectivity index (χ3n) is 3.27. The van der Waals surface area contributed by atoms with Gasteiger partial charge in [0.2, 0.25) is 0 Å². The second-order valence-corrected chi connectivity index (χ2v) is 18.3. The minimum atomic E-state index is -0.730. The Morgan fingerprint density at radius 2 is 1.00 bits per heavy atom. The first-order chi connectivity index (χ1) is 11.4. The summed E-state index contributed by atoms with van der Waals surface area (Å²) in [6, 6.07) is 6.02. The lowest BCUT2D eigenvalue weighted by Gasteiger charge is -2.39. The van der Waals surface area contributed by atoms with Crippen molar-refractivity contribution in [1.82, 2.24) is 0 Å². The lowest BCUT2D eigenvalue weighted by atomic mass is 9.92. The first-order valence-corrected chi connectivity index (χ1v) is 14.8. The first-order valence-electron chi connectivity index (χ1n) is 6.07. The highest BCUT2D eigenvalue weighted by Crippen LogP contribution is 2.64. The van der Waals surface area contributed by atoms with Crippen LogP contribution in [0, 0.1) is 0 Å². The van der Waals surface area contributed by atoms with Crippen LogP contribution in [0.5, 0.6) is 0 Å². The lowest BCUT2D eigenvalue weighted by molar-refractivity contribution is 0.812. The third-order valence-corrected chi connectivity index (χ3v) is 16.2. The second-order valence-electron chi connectivity index (χ2n) is 4.70. The predicted octanol–water partition coefficient (Wildman–Crippen LogP) is 11.5. The van der Waals surface area contributed by atoms with Crippen molar-refractivity contribution in [2.75, 3.05) is 0 Å². The van der Waals surface area contributed by atoms with Crippen LogP contribution in [-0.4, -0.2) is 2.14 Å². The molecule has 0 N–H and O–H groups in total. The fraction of sp³-hybridized carbons (Fsp3) is 0.143. The highest BCUT2D eigenvalue weighted by molar-refractivity contribution is 9.40. The molecule has 0 fully saturated rings. The summed E-state index contributed by atoms with van der Waals surface area (Å²) < 4.78 is 4.92. The van der Waals surface area contributed by atoms with Crippen LogP contribution in [0.15, 0.2) is 49.5 Å². The lowest BCUT2D eigenvalue weighted by Crippen LogP contribution is -2.35. The highest BCUT2D eigenvalue weighted by Gasteiger charge is 2.52. The largest absolute Gasteiger partial charge is 0.158 e. The number of alkyl halides is 4. The Balaban J connectivity index is 3.03. The number of hydrogen-bond donors (Lipinski definition) is 0. The van der Waals surface area contributed by atoms with Crippen molar-refractivity contribution in [2.45, 2.75) is 6.47 Å². The van der Waals surface area contributed by atoms with Crippen LogP contribution < -0.4 is 0 Å². The average Bonchev–Trinajstić information content (AvgIpc) is 2.52. The molecule has 2 aromatic carbocycles. The van der Waals surface area contributed by atoms with Gasteiger partial charge in [-0.3, -0.25) is 0 Å². The average molecular weight is 1050 g/mol. The standard InChI is InChI=1S/C14H3Br11/c15-5-3-1-2-4(7(5)16)13(22,14(23,24)25)6-8(17)10(19)12(21)11(20)9(6)18/h1-3H. The van der Waals surface area contributed by atoms with Crippen molar-refractivity contribution < 1.29 is 0 Å². The zero-order valence-corrected chi connectivity index (χ0v) is 28.8. The zero-order valence-electron chi connectivity index (χ0n) is 11.4. The van der Waals surface area contributed by atoms with Crippen LogP contribution in [0.4, 0.5) is 0 Å². The molecule has 0 radical (unpaired) electrons. The Kier molecular flexibility index (Phi) is 9.46. The molecule has 25 heavy (non-hydrogen) atoms. The fourth-order valence-corrected chi connectivity index (χ4v) is 9.44. The van der Waals surface area contributed by atoms with Gasteiger partial charge in [0.1, 0.15) is 4.32 Å². The van der Waals surface area contributed by atoms with Crippen molar-refractivity contribution in [3.8, 4) is 0 Å². The van der Waals surface area contributed by atoms with E-state index in [1.807, 2.05) is 18.2 Å². The minimum Gasteiger partial charge on any atom is -0.0712 e. The van der Waals surface area contributed by atoms with Gasteiger partial charge in [-0.2, -0.15) is 0 Å². The van der Waals surface area contributed by atoms with Crippen LogP contribution in [0.3, 0.4) is 0 Å². The summed E-state index contributed by atoms with van der Waals surface area (Å²) in [5.41, 5.74) is 1.95. The Morgan fingerprint density at radius 3 is 1.44 bits per heavy atom. The van der Waals surface area contributed by atoms with E-state index < -0.39 is 6.47 Å². The molecule has 11 heteroatoms. The van der Waals surface area contributed by atoms with Crippen LogP contribution in [-0.2, 0) is 4.32 Å². The van der Waals surface area contributed by atoms with Crippen molar-refractivity contribution in [1.29, 1.82) is 0 Å². The third kappa shape index (κ3) is 4.66. The van der Waals surface area contributed by atoms with E-state index in [-0.39, 0.29) is 0 Å². The molecule has 0 aliphatic heterocycles. The van der Waals surface area contributed by atoms with E-state index >= 15 is 0 Å². The Labute approximate surface area is 238 Å². The topological polar surface area (TPSA) is 0 Å². The normalized spacial score (nSPS) is 14.5. The maximum absolute atomic E-state index is 3.99. The van der Waals surface area contributed by atoms with E-state index in [0.717, 1.165) is 42.4 Å². The molecule has 1 atom stereocenters. The monoisotopic (exact) mass is 1040 g/mol. The summed E-state index contributed by atoms with van der Waals surface area (Å²) in [6.45, 7) is 0. The Hall–Kier alpha value is 3.72. The molecule has 0 nitrogen and oxygen atoms in total. The van der Waals surface area contributed by atoms with Gasteiger partial charge in [0.15, 0.2) is 2.14 Å². The Bertz CT molecular complexity index is 811. The van der Waals surface area contributed by atoms with E-state index in [1.165, 1.54) is 0 Å². The summed E-state index contributed by atoms with van der Waals surface area (Å²) in [7, 11) is 0. The van der Waals surface area contributed by atoms with Gasteiger partial charge in [0.05, 0.1) is 0 Å². The molecule has 2 rings (SSSR count). The van der Waals surface area contributed by atoms with E-state index in [1.54, 1.807) is 0 Å². The van der Waals surface area contributed by atoms with Crippen molar-refractivity contribution in [3.63, 3.8) is 0 Å². The van der Waals surface area contributed by atoms with Crippen molar-refractivity contribution in [3.05, 3.63) is 60.6 Å². The van der Waals surface area contributed by atoms with Gasteiger partial charge in [-0.05, 0) is 123 Å². The van der Waals surface area contributed by atoms with Crippen LogP contribution in [0.1, 0.15) is 11.1 Å². The van der Waals surface area contributed by atoms with Crippen LogP contribution in [0.25, 0.3) is 0 Å². The molecule has 0 saturated heterocycles. The van der Waals surface area contributed by atoms with E-state index in [0.29, 0.717) is 0 Å². The number of hydrogen-bond acceptors (Lipinski definition) is 0. The summed E-state index contributed by atoms with van der Waals surface area (Å²) >= 11 is 40.9. The zero-order chi connectivity index (χ0) is 19.3. The van der Waals surface area contributed by atoms with E-state index in [4.69, 9.17) is 0 Å². The molecule has 1 unspecified atom stereocenters. The Morgan fingerprint density at radius 1 is 0.560 bits per heavy atom. The molecular formula is C14H3Br11. The molecular weight excluding hydrogens is 1050 g/mol. The molecule has 0 heterocycles. The molecule has 0 aromatic heterocycles. The van der Waals surface area contributed by atoms with Gasteiger partial charge in [-0.1, -0.05) is 75.9 Å². The number of rotatable bonds is 2. The smallest absolute Gasteiger partial charge is 0.0712 e. The van der Waals surface area contributed by atoms with E-state index in [9.17, 15) is 0 Å². The van der Waals surface area contributed by atoms with Crippen molar-refractivity contribution in [2.24, 2.45) is 0 Å². The van der Waals surface area contributed by atoms with Crippen molar-refractivity contribution >= 4 is 175 Å². The molecule has 2 aromatic rings. The van der Waals surface area contributed by atoms with Gasteiger partial charge < -0.3 is 0 Å². The summed E-state index contributed by atoms with van der Waals surface area (Å²) in [4.78, 5) is 0. The summed E-state index contributed by atoms with van der Waals surface area (Å²) in [5, 5.41) is 0. The molecule has 136 valence electrons. The minimum absolute atomic E-state index is 0.707. The number of halogens is 11. The SMILES string of the molecule is Brc1cccc(C(Br)(c2c(Br)c(Br)c(Br)c(Br)c2Br)C(Br)(Br)Br)c1Br. The number of benzene rings is 2. The summed E-state index contributed by atoms with van der Waals surface area (Å²) in [5.74, 6) is 0. The van der Waals surface area contributed by atoms with Gasteiger partial charge in [-0.15, -0.1) is 0 Å². The molecule has 0 aliphatic rings. The predicted molar refractivity (Wildman–Crippen MR) is 146 cm³/mol. The molecule has 0 saturated carbocycles. The van der Waals surface area contributed by atoms with Gasteiger partial charge >= 0.3 is 0 Å². The van der Waals surface area contributed by atoms with Crippen LogP contribution in [0.2, 0.25) is 0 Å². The first kappa shape index (κ1) is 25.0. The van der Waals surface area contributed by atoms with Gasteiger partial charge in [0.25, 0.3) is 0 Å². The molecule has 0 bridgehead atoms. The highest BCUT2D eigenvalue weighted by atomic mass is 80.0.